The fraction of sp³-hybridized carbons (Fsp3) is 1.00. The smallest absolute Gasteiger partial charge is 0.00589 e. The average Bonchev–Trinajstić information content (AvgIpc) is 2.24. The molecular formula is C10H26N4S2. The molecule has 6 heteroatoms. The summed E-state index contributed by atoms with van der Waals surface area (Å²) in [6, 6.07) is 0.523. The molecule has 2 atom stereocenters. The third-order valence-corrected chi connectivity index (χ3v) is 4.77. The van der Waals surface area contributed by atoms with Gasteiger partial charge in [0.25, 0.3) is 0 Å². The van der Waals surface area contributed by atoms with E-state index in [1.54, 1.807) is 0 Å². The van der Waals surface area contributed by atoms with E-state index < -0.39 is 0 Å². The van der Waals surface area contributed by atoms with E-state index in [2.05, 4.69) is 0 Å². The van der Waals surface area contributed by atoms with Crippen LogP contribution in [0.1, 0.15) is 25.7 Å². The molecule has 0 heterocycles. The predicted octanol–water partition coefficient (Wildman–Crippen LogP) is 0.500. The summed E-state index contributed by atoms with van der Waals surface area (Å²) < 4.78 is 0. The zero-order valence-electron chi connectivity index (χ0n) is 9.94. The highest BCUT2D eigenvalue weighted by atomic mass is 33.1. The molecule has 0 saturated carbocycles. The van der Waals surface area contributed by atoms with Crippen LogP contribution in [0, 0.1) is 0 Å². The summed E-state index contributed by atoms with van der Waals surface area (Å²) in [6.45, 7) is 1.37. The average molecular weight is 266 g/mol. The van der Waals surface area contributed by atoms with Crippen molar-refractivity contribution in [1.29, 1.82) is 0 Å². The standard InChI is InChI=1S/C10H26N4S2/c11-5-1-9(13)3-7-15-16-8-4-10(14)2-6-12/h9-10H,1-8,11-14H2. The molecular weight excluding hydrogens is 240 g/mol. The molecule has 0 bridgehead atoms. The highest BCUT2D eigenvalue weighted by molar-refractivity contribution is 8.76. The van der Waals surface area contributed by atoms with Gasteiger partial charge in [-0.25, -0.2) is 0 Å². The van der Waals surface area contributed by atoms with Crippen LogP contribution in [-0.2, 0) is 0 Å². The van der Waals surface area contributed by atoms with Crippen LogP contribution in [0.15, 0.2) is 0 Å². The van der Waals surface area contributed by atoms with Crippen LogP contribution in [0.25, 0.3) is 0 Å². The van der Waals surface area contributed by atoms with E-state index in [4.69, 9.17) is 22.9 Å². The van der Waals surface area contributed by atoms with E-state index in [-0.39, 0.29) is 12.1 Å². The lowest BCUT2D eigenvalue weighted by Gasteiger charge is -2.10. The Morgan fingerprint density at radius 3 is 1.38 bits per heavy atom. The Morgan fingerprint density at radius 2 is 1.06 bits per heavy atom. The third-order valence-electron chi connectivity index (χ3n) is 2.30. The van der Waals surface area contributed by atoms with E-state index in [1.807, 2.05) is 21.6 Å². The zero-order valence-corrected chi connectivity index (χ0v) is 11.6. The van der Waals surface area contributed by atoms with Crippen molar-refractivity contribution < 1.29 is 0 Å². The summed E-state index contributed by atoms with van der Waals surface area (Å²) in [5.74, 6) is 2.19. The van der Waals surface area contributed by atoms with Gasteiger partial charge in [0.1, 0.15) is 0 Å². The second kappa shape index (κ2) is 12.0. The Morgan fingerprint density at radius 1 is 0.688 bits per heavy atom. The summed E-state index contributed by atoms with van der Waals surface area (Å²) in [6.07, 6.45) is 3.94. The van der Waals surface area contributed by atoms with E-state index in [9.17, 15) is 0 Å². The third kappa shape index (κ3) is 11.0. The van der Waals surface area contributed by atoms with Crippen molar-refractivity contribution in [3.63, 3.8) is 0 Å². The Bertz CT molecular complexity index is 133. The van der Waals surface area contributed by atoms with Gasteiger partial charge in [-0.1, -0.05) is 21.6 Å². The molecule has 0 aliphatic carbocycles. The van der Waals surface area contributed by atoms with Crippen LogP contribution in [0.4, 0.5) is 0 Å². The highest BCUT2D eigenvalue weighted by Gasteiger charge is 2.03. The first kappa shape index (κ1) is 16.5. The molecule has 0 aliphatic rings. The van der Waals surface area contributed by atoms with Crippen LogP contribution in [0.5, 0.6) is 0 Å². The van der Waals surface area contributed by atoms with Crippen LogP contribution < -0.4 is 22.9 Å². The van der Waals surface area contributed by atoms with Crippen molar-refractivity contribution in [2.24, 2.45) is 22.9 Å². The van der Waals surface area contributed by atoms with E-state index in [1.165, 1.54) is 0 Å². The molecule has 0 fully saturated rings. The van der Waals surface area contributed by atoms with Gasteiger partial charge in [0.15, 0.2) is 0 Å². The quantitative estimate of drug-likeness (QED) is 0.321. The minimum Gasteiger partial charge on any atom is -0.330 e. The lowest BCUT2D eigenvalue weighted by atomic mass is 10.2. The number of rotatable bonds is 11. The molecule has 0 aromatic carbocycles. The fourth-order valence-electron chi connectivity index (χ4n) is 1.23. The summed E-state index contributed by atoms with van der Waals surface area (Å²) >= 11 is 0. The Labute approximate surface area is 107 Å². The molecule has 4 nitrogen and oxygen atoms in total. The number of hydrogen-bond donors (Lipinski definition) is 4. The molecule has 0 aromatic rings. The summed E-state index contributed by atoms with van der Waals surface area (Å²) in [4.78, 5) is 0. The van der Waals surface area contributed by atoms with Gasteiger partial charge in [-0.05, 0) is 38.8 Å². The molecule has 0 saturated heterocycles. The monoisotopic (exact) mass is 266 g/mol. The maximum Gasteiger partial charge on any atom is 0.00589 e. The SMILES string of the molecule is NCCC(N)CCSSCCC(N)CCN. The van der Waals surface area contributed by atoms with Gasteiger partial charge < -0.3 is 22.9 Å². The minimum absolute atomic E-state index is 0.262. The van der Waals surface area contributed by atoms with Crippen molar-refractivity contribution in [1.82, 2.24) is 0 Å². The summed E-state index contributed by atoms with van der Waals surface area (Å²) in [5.41, 5.74) is 22.6. The van der Waals surface area contributed by atoms with E-state index >= 15 is 0 Å². The minimum atomic E-state index is 0.262. The van der Waals surface area contributed by atoms with Gasteiger partial charge in [-0.3, -0.25) is 0 Å². The normalized spacial score (nSPS) is 15.0. The zero-order chi connectivity index (χ0) is 12.2. The first-order valence-electron chi connectivity index (χ1n) is 5.86. The first-order chi connectivity index (χ1) is 7.70. The molecule has 16 heavy (non-hydrogen) atoms. The molecule has 0 aliphatic heterocycles. The largest absolute Gasteiger partial charge is 0.330 e. The van der Waals surface area contributed by atoms with Gasteiger partial charge in [0, 0.05) is 23.6 Å². The molecule has 2 unspecified atom stereocenters. The van der Waals surface area contributed by atoms with Gasteiger partial charge >= 0.3 is 0 Å². The van der Waals surface area contributed by atoms with Crippen molar-refractivity contribution in [2.45, 2.75) is 37.8 Å². The Kier molecular flexibility index (Phi) is 12.4. The van der Waals surface area contributed by atoms with Crippen LogP contribution >= 0.6 is 21.6 Å². The maximum atomic E-state index is 5.85. The van der Waals surface area contributed by atoms with Gasteiger partial charge in [-0.15, -0.1) is 0 Å². The van der Waals surface area contributed by atoms with Crippen LogP contribution in [0.2, 0.25) is 0 Å². The molecule has 0 radical (unpaired) electrons. The van der Waals surface area contributed by atoms with Gasteiger partial charge in [-0.2, -0.15) is 0 Å². The lowest BCUT2D eigenvalue weighted by Crippen LogP contribution is -2.24. The summed E-state index contributed by atoms with van der Waals surface area (Å²) in [7, 11) is 3.75. The van der Waals surface area contributed by atoms with Crippen molar-refractivity contribution in [3.8, 4) is 0 Å². The van der Waals surface area contributed by atoms with E-state index in [0.717, 1.165) is 37.2 Å². The Balaban J connectivity index is 3.15. The predicted molar refractivity (Wildman–Crippen MR) is 77.4 cm³/mol. The second-order valence-corrected chi connectivity index (χ2v) is 6.60. The number of hydrogen-bond acceptors (Lipinski definition) is 6. The van der Waals surface area contributed by atoms with Crippen molar-refractivity contribution >= 4 is 21.6 Å². The van der Waals surface area contributed by atoms with Gasteiger partial charge in [0.05, 0.1) is 0 Å². The van der Waals surface area contributed by atoms with Crippen LogP contribution in [0.3, 0.4) is 0 Å². The van der Waals surface area contributed by atoms with Crippen molar-refractivity contribution in [2.75, 3.05) is 24.6 Å². The molecule has 0 rings (SSSR count). The molecule has 0 aromatic heterocycles. The van der Waals surface area contributed by atoms with E-state index in [0.29, 0.717) is 13.1 Å². The molecule has 0 spiro atoms. The lowest BCUT2D eigenvalue weighted by molar-refractivity contribution is 0.608. The highest BCUT2D eigenvalue weighted by Crippen LogP contribution is 2.23. The van der Waals surface area contributed by atoms with Crippen molar-refractivity contribution in [3.05, 3.63) is 0 Å². The maximum absolute atomic E-state index is 5.85. The summed E-state index contributed by atoms with van der Waals surface area (Å²) in [5, 5.41) is 0. The van der Waals surface area contributed by atoms with Crippen LogP contribution in [-0.4, -0.2) is 36.7 Å². The second-order valence-electron chi connectivity index (χ2n) is 3.90. The molecule has 8 N–H and O–H groups in total. The molecule has 98 valence electrons. The van der Waals surface area contributed by atoms with Gasteiger partial charge in [0.2, 0.25) is 0 Å². The fourth-order valence-corrected chi connectivity index (χ4v) is 3.55. The topological polar surface area (TPSA) is 104 Å². The molecule has 0 amide bonds. The Hall–Kier alpha value is 0.540. The first-order valence-corrected chi connectivity index (χ1v) is 8.35. The number of nitrogens with two attached hydrogens (primary N) is 4.